The van der Waals surface area contributed by atoms with Gasteiger partial charge in [-0.1, -0.05) is 0 Å². The minimum atomic E-state index is -0.522. The van der Waals surface area contributed by atoms with E-state index in [0.29, 0.717) is 10.4 Å². The van der Waals surface area contributed by atoms with Crippen LogP contribution in [0.4, 0.5) is 8.78 Å². The summed E-state index contributed by atoms with van der Waals surface area (Å²) < 4.78 is 32.7. The van der Waals surface area contributed by atoms with Gasteiger partial charge in [0.2, 0.25) is 0 Å². The molecular formula is C13H16BrF2NO. The number of halogens is 3. The molecule has 18 heavy (non-hydrogen) atoms. The average molecular weight is 320 g/mol. The maximum Gasteiger partial charge on any atom is 0.144 e. The predicted octanol–water partition coefficient (Wildman–Crippen LogP) is 3.24. The van der Waals surface area contributed by atoms with E-state index in [1.54, 1.807) is 0 Å². The molecule has 0 amide bonds. The first-order chi connectivity index (χ1) is 8.68. The highest BCUT2D eigenvalue weighted by Gasteiger charge is 2.15. The Bertz CT molecular complexity index is 408. The summed E-state index contributed by atoms with van der Waals surface area (Å²) in [6.07, 6.45) is 2.07. The summed E-state index contributed by atoms with van der Waals surface area (Å²) in [4.78, 5) is 0. The Morgan fingerprint density at radius 1 is 1.39 bits per heavy atom. The Morgan fingerprint density at radius 3 is 2.94 bits per heavy atom. The summed E-state index contributed by atoms with van der Waals surface area (Å²) >= 11 is 3.06. The van der Waals surface area contributed by atoms with E-state index in [-0.39, 0.29) is 12.1 Å². The zero-order valence-electron chi connectivity index (χ0n) is 10.0. The van der Waals surface area contributed by atoms with Gasteiger partial charge >= 0.3 is 0 Å². The molecule has 1 aliphatic heterocycles. The van der Waals surface area contributed by atoms with Crippen molar-refractivity contribution < 1.29 is 13.5 Å². The minimum absolute atomic E-state index is 0.0899. The van der Waals surface area contributed by atoms with Crippen LogP contribution in [0.3, 0.4) is 0 Å². The van der Waals surface area contributed by atoms with E-state index in [1.807, 2.05) is 0 Å². The van der Waals surface area contributed by atoms with Gasteiger partial charge in [0, 0.05) is 25.3 Å². The Kier molecular flexibility index (Phi) is 5.09. The number of hydrogen-bond donors (Lipinski definition) is 1. The fourth-order valence-electron chi connectivity index (χ4n) is 2.06. The van der Waals surface area contributed by atoms with Crippen LogP contribution in [0.15, 0.2) is 16.6 Å². The molecule has 2 nitrogen and oxygen atoms in total. The minimum Gasteiger partial charge on any atom is -0.381 e. The highest BCUT2D eigenvalue weighted by molar-refractivity contribution is 9.10. The molecule has 1 fully saturated rings. The van der Waals surface area contributed by atoms with Crippen molar-refractivity contribution in [3.63, 3.8) is 0 Å². The molecule has 1 N–H and O–H groups in total. The Morgan fingerprint density at radius 2 is 2.22 bits per heavy atom. The van der Waals surface area contributed by atoms with Crippen molar-refractivity contribution >= 4 is 15.9 Å². The molecule has 0 spiro atoms. The van der Waals surface area contributed by atoms with Crippen LogP contribution in [-0.4, -0.2) is 19.8 Å². The van der Waals surface area contributed by atoms with E-state index in [4.69, 9.17) is 4.74 Å². The summed E-state index contributed by atoms with van der Waals surface area (Å²) in [5, 5.41) is 3.08. The number of hydrogen-bond acceptors (Lipinski definition) is 2. The molecule has 1 heterocycles. The maximum absolute atomic E-state index is 13.6. The van der Waals surface area contributed by atoms with Crippen LogP contribution in [0.2, 0.25) is 0 Å². The van der Waals surface area contributed by atoms with Crippen molar-refractivity contribution in [2.24, 2.45) is 5.92 Å². The van der Waals surface area contributed by atoms with Crippen LogP contribution in [0, 0.1) is 17.6 Å². The van der Waals surface area contributed by atoms with Gasteiger partial charge in [-0.15, -0.1) is 0 Å². The highest BCUT2D eigenvalue weighted by Crippen LogP contribution is 2.21. The first kappa shape index (κ1) is 13.9. The smallest absolute Gasteiger partial charge is 0.144 e. The second kappa shape index (κ2) is 6.59. The number of rotatable bonds is 5. The van der Waals surface area contributed by atoms with Gasteiger partial charge < -0.3 is 10.1 Å². The lowest BCUT2D eigenvalue weighted by atomic mass is 10.1. The molecule has 2 rings (SSSR count). The van der Waals surface area contributed by atoms with E-state index in [1.165, 1.54) is 12.1 Å². The lowest BCUT2D eigenvalue weighted by Crippen LogP contribution is -2.19. The fourth-order valence-corrected chi connectivity index (χ4v) is 2.43. The van der Waals surface area contributed by atoms with E-state index in [0.717, 1.165) is 32.6 Å². The molecule has 0 aromatic heterocycles. The summed E-state index contributed by atoms with van der Waals surface area (Å²) in [5.74, 6) is -0.450. The lowest BCUT2D eigenvalue weighted by Gasteiger charge is -2.10. The van der Waals surface area contributed by atoms with E-state index < -0.39 is 11.6 Å². The lowest BCUT2D eigenvalue weighted by molar-refractivity contribution is 0.184. The van der Waals surface area contributed by atoms with Crippen molar-refractivity contribution in [1.29, 1.82) is 0 Å². The van der Waals surface area contributed by atoms with Crippen molar-refractivity contribution in [3.8, 4) is 0 Å². The molecule has 100 valence electrons. The Balaban J connectivity index is 1.80. The second-order valence-corrected chi connectivity index (χ2v) is 5.37. The first-order valence-corrected chi connectivity index (χ1v) is 6.88. The molecule has 0 radical (unpaired) electrons. The highest BCUT2D eigenvalue weighted by atomic mass is 79.9. The zero-order chi connectivity index (χ0) is 13.0. The largest absolute Gasteiger partial charge is 0.381 e. The predicted molar refractivity (Wildman–Crippen MR) is 69.3 cm³/mol. The van der Waals surface area contributed by atoms with Crippen LogP contribution in [0.5, 0.6) is 0 Å². The second-order valence-electron chi connectivity index (χ2n) is 4.52. The molecule has 0 saturated carbocycles. The van der Waals surface area contributed by atoms with Crippen LogP contribution >= 0.6 is 15.9 Å². The van der Waals surface area contributed by atoms with Gasteiger partial charge in [-0.2, -0.15) is 0 Å². The summed E-state index contributed by atoms with van der Waals surface area (Å²) in [6, 6.07) is 2.65. The van der Waals surface area contributed by atoms with Gasteiger partial charge in [0.25, 0.3) is 0 Å². The van der Waals surface area contributed by atoms with Crippen molar-refractivity contribution in [2.75, 3.05) is 19.8 Å². The van der Waals surface area contributed by atoms with Crippen LogP contribution in [0.25, 0.3) is 0 Å². The first-order valence-electron chi connectivity index (χ1n) is 6.09. The third-order valence-electron chi connectivity index (χ3n) is 3.19. The molecule has 0 aliphatic carbocycles. The fraction of sp³-hybridized carbons (Fsp3) is 0.538. The van der Waals surface area contributed by atoms with E-state index in [9.17, 15) is 8.78 Å². The SMILES string of the molecule is Fc1ccc(Br)c(F)c1CNCCC1CCOC1. The molecule has 1 unspecified atom stereocenters. The summed E-state index contributed by atoms with van der Waals surface area (Å²) in [7, 11) is 0. The third-order valence-corrected chi connectivity index (χ3v) is 3.81. The maximum atomic E-state index is 13.6. The third kappa shape index (κ3) is 3.49. The van der Waals surface area contributed by atoms with Crippen molar-refractivity contribution in [2.45, 2.75) is 19.4 Å². The number of benzene rings is 1. The average Bonchev–Trinajstić information content (AvgIpc) is 2.86. The zero-order valence-corrected chi connectivity index (χ0v) is 11.6. The summed E-state index contributed by atoms with van der Waals surface area (Å²) in [6.45, 7) is 2.60. The Hall–Kier alpha value is -0.520. The van der Waals surface area contributed by atoms with Crippen LogP contribution < -0.4 is 5.32 Å². The molecule has 1 atom stereocenters. The van der Waals surface area contributed by atoms with Gasteiger partial charge in [0.05, 0.1) is 4.47 Å². The van der Waals surface area contributed by atoms with E-state index in [2.05, 4.69) is 21.2 Å². The molecule has 5 heteroatoms. The van der Waals surface area contributed by atoms with Gasteiger partial charge in [0.15, 0.2) is 0 Å². The standard InChI is InChI=1S/C13H16BrF2NO/c14-11-1-2-12(15)10(13(11)16)7-17-5-3-9-4-6-18-8-9/h1-2,9,17H,3-8H2. The monoisotopic (exact) mass is 319 g/mol. The Labute approximate surface area is 114 Å². The number of ether oxygens (including phenoxy) is 1. The van der Waals surface area contributed by atoms with Crippen LogP contribution in [0.1, 0.15) is 18.4 Å². The molecule has 1 aromatic rings. The van der Waals surface area contributed by atoms with Gasteiger partial charge in [0.1, 0.15) is 11.6 Å². The summed E-state index contributed by atoms with van der Waals surface area (Å²) in [5.41, 5.74) is 0.0899. The topological polar surface area (TPSA) is 21.3 Å². The van der Waals surface area contributed by atoms with Crippen molar-refractivity contribution in [3.05, 3.63) is 33.8 Å². The van der Waals surface area contributed by atoms with E-state index >= 15 is 0 Å². The molecule has 1 saturated heterocycles. The molecule has 1 aromatic carbocycles. The quantitative estimate of drug-likeness (QED) is 0.664. The molecule has 1 aliphatic rings. The number of nitrogens with one attached hydrogen (secondary N) is 1. The van der Waals surface area contributed by atoms with Gasteiger partial charge in [-0.05, 0) is 53.4 Å². The normalized spacial score (nSPS) is 19.4. The van der Waals surface area contributed by atoms with Gasteiger partial charge in [-0.3, -0.25) is 0 Å². The van der Waals surface area contributed by atoms with Gasteiger partial charge in [-0.25, -0.2) is 8.78 Å². The molecule has 0 bridgehead atoms. The van der Waals surface area contributed by atoms with Crippen molar-refractivity contribution in [1.82, 2.24) is 5.32 Å². The molecular weight excluding hydrogens is 304 g/mol. The van der Waals surface area contributed by atoms with Crippen LogP contribution in [-0.2, 0) is 11.3 Å².